The van der Waals surface area contributed by atoms with Crippen molar-refractivity contribution in [1.29, 1.82) is 0 Å². The van der Waals surface area contributed by atoms with Crippen molar-refractivity contribution in [1.82, 2.24) is 25.3 Å². The van der Waals surface area contributed by atoms with Crippen LogP contribution in [0.4, 0.5) is 29.5 Å². The van der Waals surface area contributed by atoms with E-state index in [0.29, 0.717) is 52.7 Å². The molecule has 2 aliphatic heterocycles. The van der Waals surface area contributed by atoms with E-state index in [9.17, 15) is 17.6 Å². The maximum Gasteiger partial charge on any atom is 0.226 e. The van der Waals surface area contributed by atoms with E-state index in [2.05, 4.69) is 35.1 Å². The molecule has 0 amide bonds. The Balaban J connectivity index is 0.000000157. The number of nitrogens with two attached hydrogens (primary N) is 1. The second kappa shape index (κ2) is 14.3. The van der Waals surface area contributed by atoms with Crippen LogP contribution in [0.2, 0.25) is 0 Å². The monoisotopic (exact) mass is 680 g/mol. The maximum atomic E-state index is 14.4. The van der Waals surface area contributed by atoms with Crippen LogP contribution in [-0.2, 0) is 0 Å². The summed E-state index contributed by atoms with van der Waals surface area (Å²) in [6, 6.07) is 22.6. The van der Waals surface area contributed by atoms with Crippen molar-refractivity contribution in [3.05, 3.63) is 108 Å². The fourth-order valence-corrected chi connectivity index (χ4v) is 6.60. The van der Waals surface area contributed by atoms with Crippen LogP contribution in [-0.4, -0.2) is 65.7 Å². The number of nitrogens with zero attached hydrogens (tertiary/aromatic N) is 6. The van der Waals surface area contributed by atoms with Gasteiger partial charge in [-0.25, -0.2) is 37.5 Å². The second-order valence-corrected chi connectivity index (χ2v) is 12.6. The summed E-state index contributed by atoms with van der Waals surface area (Å²) >= 11 is 0. The lowest BCUT2D eigenvalue weighted by Gasteiger charge is -2.18. The molecule has 2 saturated heterocycles. The highest BCUT2D eigenvalue weighted by atomic mass is 19.1. The van der Waals surface area contributed by atoms with Gasteiger partial charge in [-0.2, -0.15) is 0 Å². The van der Waals surface area contributed by atoms with Crippen LogP contribution in [0, 0.1) is 29.2 Å². The van der Waals surface area contributed by atoms with Crippen molar-refractivity contribution in [3.8, 4) is 22.5 Å². The van der Waals surface area contributed by atoms with E-state index in [1.807, 2.05) is 49.5 Å². The summed E-state index contributed by atoms with van der Waals surface area (Å²) in [5.41, 5.74) is 8.13. The van der Waals surface area contributed by atoms with Crippen LogP contribution in [0.5, 0.6) is 0 Å². The van der Waals surface area contributed by atoms with Crippen molar-refractivity contribution in [2.45, 2.75) is 18.9 Å². The quantitative estimate of drug-likeness (QED) is 0.187. The van der Waals surface area contributed by atoms with Gasteiger partial charge in [0.25, 0.3) is 0 Å². The molecule has 0 radical (unpaired) electrons. The number of likely N-dealkylation sites (N-methyl/N-ethyl adjacent to an activating group) is 1. The fraction of sp³-hybridized carbons (Fsp3) is 0.263. The fourth-order valence-electron chi connectivity index (χ4n) is 6.60. The summed E-state index contributed by atoms with van der Waals surface area (Å²) in [6.45, 7) is 3.83. The molecule has 0 bridgehead atoms. The topological polar surface area (TPSA) is 96.1 Å². The summed E-state index contributed by atoms with van der Waals surface area (Å²) in [5.74, 6) is -0.988. The standard InChI is InChI=1S/2C19H18F2N4/c1-22-12-9-10-25(11-12)19-23-16-8-3-2-5-13(16)18(24-19)17-14(20)6-4-7-15(17)21;20-13-5-6-14(16(21)9-13)18-15-3-1-2-4-17(15)23-19(24-18)25-8-7-12(10-22)11-25/h2-8,12,22H,9-11H2,1H3;1-6,9,12H,7-8,10-11,22H2. The average molecular weight is 681 g/mol. The molecule has 2 aromatic heterocycles. The highest BCUT2D eigenvalue weighted by Crippen LogP contribution is 2.34. The Labute approximate surface area is 287 Å². The van der Waals surface area contributed by atoms with Crippen LogP contribution >= 0.6 is 0 Å². The summed E-state index contributed by atoms with van der Waals surface area (Å²) in [4.78, 5) is 22.6. The number of anilines is 2. The third-order valence-corrected chi connectivity index (χ3v) is 9.35. The Morgan fingerprint density at radius 3 is 1.88 bits per heavy atom. The lowest BCUT2D eigenvalue weighted by atomic mass is 10.1. The predicted molar refractivity (Wildman–Crippen MR) is 189 cm³/mol. The molecule has 256 valence electrons. The van der Waals surface area contributed by atoms with E-state index in [1.54, 1.807) is 6.07 Å². The number of halogens is 4. The molecule has 2 atom stereocenters. The molecule has 0 spiro atoms. The van der Waals surface area contributed by atoms with Gasteiger partial charge < -0.3 is 20.9 Å². The Bertz CT molecular complexity index is 2140. The normalized spacial score (nSPS) is 17.4. The third kappa shape index (κ3) is 6.68. The molecule has 4 aromatic carbocycles. The molecular weight excluding hydrogens is 644 g/mol. The number of nitrogens with one attached hydrogen (secondary N) is 1. The molecule has 3 N–H and O–H groups in total. The molecule has 0 saturated carbocycles. The van der Waals surface area contributed by atoms with E-state index < -0.39 is 23.3 Å². The van der Waals surface area contributed by atoms with Gasteiger partial charge in [0.05, 0.1) is 28.0 Å². The summed E-state index contributed by atoms with van der Waals surface area (Å²) in [5, 5.41) is 4.63. The van der Waals surface area contributed by atoms with Gasteiger partial charge in [-0.15, -0.1) is 0 Å². The average Bonchev–Trinajstić information content (AvgIpc) is 3.82. The van der Waals surface area contributed by atoms with Crippen LogP contribution in [0.15, 0.2) is 84.9 Å². The first-order valence-corrected chi connectivity index (χ1v) is 16.6. The zero-order valence-electron chi connectivity index (χ0n) is 27.5. The molecule has 2 unspecified atom stereocenters. The maximum absolute atomic E-state index is 14.4. The lowest BCUT2D eigenvalue weighted by molar-refractivity contribution is 0.585. The predicted octanol–water partition coefficient (Wildman–Crippen LogP) is 6.73. The number of hydrogen-bond donors (Lipinski definition) is 2. The molecule has 12 heteroatoms. The largest absolute Gasteiger partial charge is 0.340 e. The van der Waals surface area contributed by atoms with E-state index >= 15 is 0 Å². The molecule has 0 aliphatic carbocycles. The van der Waals surface area contributed by atoms with Crippen LogP contribution in [0.1, 0.15) is 12.8 Å². The van der Waals surface area contributed by atoms with Crippen molar-refractivity contribution in [2.24, 2.45) is 11.7 Å². The van der Waals surface area contributed by atoms with Crippen LogP contribution < -0.4 is 20.9 Å². The first-order chi connectivity index (χ1) is 24.3. The van der Waals surface area contributed by atoms with E-state index in [4.69, 9.17) is 5.73 Å². The minimum Gasteiger partial charge on any atom is -0.340 e. The van der Waals surface area contributed by atoms with Gasteiger partial charge in [-0.05, 0) is 68.8 Å². The zero-order chi connectivity index (χ0) is 34.8. The van der Waals surface area contributed by atoms with E-state index in [0.717, 1.165) is 56.0 Å². The van der Waals surface area contributed by atoms with Gasteiger partial charge in [-0.1, -0.05) is 42.5 Å². The van der Waals surface area contributed by atoms with Gasteiger partial charge in [0.1, 0.15) is 23.3 Å². The van der Waals surface area contributed by atoms with E-state index in [1.165, 1.54) is 30.3 Å². The third-order valence-electron chi connectivity index (χ3n) is 9.35. The smallest absolute Gasteiger partial charge is 0.226 e. The summed E-state index contributed by atoms with van der Waals surface area (Å²) in [7, 11) is 1.93. The molecule has 6 aromatic rings. The highest BCUT2D eigenvalue weighted by Gasteiger charge is 2.26. The molecule has 8 nitrogen and oxygen atoms in total. The van der Waals surface area contributed by atoms with Crippen molar-refractivity contribution in [3.63, 3.8) is 0 Å². The highest BCUT2D eigenvalue weighted by molar-refractivity contribution is 5.94. The SMILES string of the molecule is CNC1CCN(c2nc(-c3c(F)cccc3F)c3ccccc3n2)C1.NCC1CCN(c2nc(-c3ccc(F)cc3F)c3ccccc3n2)C1. The van der Waals surface area contributed by atoms with Crippen molar-refractivity contribution >= 4 is 33.7 Å². The summed E-state index contributed by atoms with van der Waals surface area (Å²) in [6.07, 6.45) is 1.98. The minimum absolute atomic E-state index is 0.105. The van der Waals surface area contributed by atoms with Gasteiger partial charge in [0, 0.05) is 54.6 Å². The lowest BCUT2D eigenvalue weighted by Crippen LogP contribution is -2.30. The van der Waals surface area contributed by atoms with Crippen molar-refractivity contribution < 1.29 is 17.6 Å². The number of benzene rings is 4. The molecule has 2 fully saturated rings. The summed E-state index contributed by atoms with van der Waals surface area (Å²) < 4.78 is 56.4. The van der Waals surface area contributed by atoms with Crippen molar-refractivity contribution in [2.75, 3.05) is 49.6 Å². The first-order valence-electron chi connectivity index (χ1n) is 16.6. The van der Waals surface area contributed by atoms with E-state index in [-0.39, 0.29) is 11.1 Å². The number of hydrogen-bond acceptors (Lipinski definition) is 8. The Morgan fingerprint density at radius 1 is 0.680 bits per heavy atom. The molecule has 50 heavy (non-hydrogen) atoms. The molecular formula is C38H36F4N8. The Kier molecular flexibility index (Phi) is 9.55. The number of fused-ring (bicyclic) bond motifs is 2. The van der Waals surface area contributed by atoms with Crippen LogP contribution in [0.25, 0.3) is 44.3 Å². The van der Waals surface area contributed by atoms with Gasteiger partial charge in [-0.3, -0.25) is 0 Å². The van der Waals surface area contributed by atoms with Crippen LogP contribution in [0.3, 0.4) is 0 Å². The second-order valence-electron chi connectivity index (χ2n) is 12.6. The zero-order valence-corrected chi connectivity index (χ0v) is 27.5. The number of para-hydroxylation sites is 2. The Morgan fingerprint density at radius 2 is 1.28 bits per heavy atom. The number of aromatic nitrogens is 4. The number of rotatable bonds is 6. The van der Waals surface area contributed by atoms with Gasteiger partial charge >= 0.3 is 0 Å². The molecule has 8 rings (SSSR count). The van der Waals surface area contributed by atoms with Gasteiger partial charge in [0.2, 0.25) is 11.9 Å². The molecule has 2 aliphatic rings. The Hall–Kier alpha value is -5.20. The first kappa shape index (κ1) is 33.3. The van der Waals surface area contributed by atoms with Gasteiger partial charge in [0.15, 0.2) is 0 Å². The minimum atomic E-state index is -0.629. The molecule has 4 heterocycles.